The van der Waals surface area contributed by atoms with Crippen LogP contribution < -0.4 is 5.32 Å². The lowest BCUT2D eigenvalue weighted by Crippen LogP contribution is -2.30. The summed E-state index contributed by atoms with van der Waals surface area (Å²) in [6.45, 7) is 1.34. The Bertz CT molecular complexity index is 161. The average molecular weight is 181 g/mol. The van der Waals surface area contributed by atoms with Gasteiger partial charge in [-0.25, -0.2) is 0 Å². The smallest absolute Gasteiger partial charge is 0.302 e. The summed E-state index contributed by atoms with van der Waals surface area (Å²) in [4.78, 5) is 0. The van der Waals surface area contributed by atoms with Gasteiger partial charge in [0.25, 0.3) is 0 Å². The monoisotopic (exact) mass is 181 g/mol. The molecule has 0 fully saturated rings. The van der Waals surface area contributed by atoms with Gasteiger partial charge in [0.2, 0.25) is 0 Å². The third-order valence-corrected chi connectivity index (χ3v) is 1.07. The number of hydrogen-bond acceptors (Lipinski definition) is 2. The van der Waals surface area contributed by atoms with Crippen LogP contribution >= 0.6 is 0 Å². The van der Waals surface area contributed by atoms with Crippen molar-refractivity contribution in [2.75, 3.05) is 13.2 Å². The minimum absolute atomic E-state index is 0.0882. The van der Waals surface area contributed by atoms with Crippen molar-refractivity contribution < 1.29 is 17.9 Å². The minimum atomic E-state index is -4.55. The lowest BCUT2D eigenvalue weighted by atomic mass is 10.3. The standard InChI is InChI=1S/C7H10F3NO/c1-3-6(2)11-4-5-12-7(8,9)10/h1,6,11H,4-5H2,2H3. The van der Waals surface area contributed by atoms with Crippen LogP contribution in [0.5, 0.6) is 0 Å². The summed E-state index contributed by atoms with van der Waals surface area (Å²) in [5, 5.41) is 2.64. The molecule has 0 aliphatic heterocycles. The molecular weight excluding hydrogens is 171 g/mol. The number of terminal acetylenes is 1. The average Bonchev–Trinajstić information content (AvgIpc) is 1.96. The second kappa shape index (κ2) is 5.01. The molecule has 0 saturated heterocycles. The summed E-state index contributed by atoms with van der Waals surface area (Å²) >= 11 is 0. The van der Waals surface area contributed by atoms with Crippen LogP contribution in [0.4, 0.5) is 13.2 Å². The molecule has 0 saturated carbocycles. The quantitative estimate of drug-likeness (QED) is 0.518. The van der Waals surface area contributed by atoms with Crippen molar-refractivity contribution in [3.63, 3.8) is 0 Å². The first-order valence-electron chi connectivity index (χ1n) is 3.36. The van der Waals surface area contributed by atoms with Crippen LogP contribution in [0.2, 0.25) is 0 Å². The molecule has 0 aromatic heterocycles. The van der Waals surface area contributed by atoms with Crippen LogP contribution in [0.25, 0.3) is 0 Å². The summed E-state index contributed by atoms with van der Waals surface area (Å²) in [7, 11) is 0. The van der Waals surface area contributed by atoms with Gasteiger partial charge in [0.15, 0.2) is 0 Å². The number of hydrogen-bond donors (Lipinski definition) is 1. The molecule has 12 heavy (non-hydrogen) atoms. The van der Waals surface area contributed by atoms with E-state index in [1.807, 2.05) is 0 Å². The second-order valence-corrected chi connectivity index (χ2v) is 2.14. The molecule has 70 valence electrons. The number of halogens is 3. The molecule has 2 nitrogen and oxygen atoms in total. The highest BCUT2D eigenvalue weighted by Crippen LogP contribution is 2.14. The molecule has 0 aromatic rings. The number of ether oxygens (including phenoxy) is 1. The summed E-state index contributed by atoms with van der Waals surface area (Å²) in [5.41, 5.74) is 0. The third-order valence-electron chi connectivity index (χ3n) is 1.07. The highest BCUT2D eigenvalue weighted by Gasteiger charge is 2.28. The first-order valence-corrected chi connectivity index (χ1v) is 3.36. The zero-order valence-corrected chi connectivity index (χ0v) is 6.61. The van der Waals surface area contributed by atoms with E-state index in [1.54, 1.807) is 6.92 Å². The molecule has 0 heterocycles. The molecule has 0 aliphatic rings. The van der Waals surface area contributed by atoms with Crippen LogP contribution in [-0.2, 0) is 4.74 Å². The Morgan fingerprint density at radius 2 is 2.17 bits per heavy atom. The molecule has 0 bridgehead atoms. The van der Waals surface area contributed by atoms with Crippen molar-refractivity contribution in [1.82, 2.24) is 5.32 Å². The van der Waals surface area contributed by atoms with Gasteiger partial charge in [-0.15, -0.1) is 19.6 Å². The fourth-order valence-corrected chi connectivity index (χ4v) is 0.501. The van der Waals surface area contributed by atoms with Crippen molar-refractivity contribution >= 4 is 0 Å². The van der Waals surface area contributed by atoms with Gasteiger partial charge in [-0.3, -0.25) is 4.74 Å². The number of nitrogens with one attached hydrogen (secondary N) is 1. The fourth-order valence-electron chi connectivity index (χ4n) is 0.501. The number of rotatable bonds is 4. The Kier molecular flexibility index (Phi) is 4.71. The molecule has 0 aromatic carbocycles. The highest BCUT2D eigenvalue weighted by atomic mass is 19.4. The van der Waals surface area contributed by atoms with Gasteiger partial charge in [0, 0.05) is 6.54 Å². The van der Waals surface area contributed by atoms with Gasteiger partial charge < -0.3 is 5.32 Å². The first kappa shape index (κ1) is 11.3. The summed E-state index contributed by atoms with van der Waals surface area (Å²) in [6.07, 6.45) is 0.410. The van der Waals surface area contributed by atoms with Crippen LogP contribution in [0.3, 0.4) is 0 Å². The van der Waals surface area contributed by atoms with Gasteiger partial charge in [-0.05, 0) is 6.92 Å². The van der Waals surface area contributed by atoms with Gasteiger partial charge in [-0.1, -0.05) is 5.92 Å². The van der Waals surface area contributed by atoms with Crippen molar-refractivity contribution in [1.29, 1.82) is 0 Å². The van der Waals surface area contributed by atoms with E-state index in [0.717, 1.165) is 0 Å². The van der Waals surface area contributed by atoms with Gasteiger partial charge in [0.05, 0.1) is 12.6 Å². The van der Waals surface area contributed by atoms with Crippen molar-refractivity contribution in [2.45, 2.75) is 19.3 Å². The molecule has 0 radical (unpaired) electrons. The van der Waals surface area contributed by atoms with E-state index >= 15 is 0 Å². The Morgan fingerprint density at radius 1 is 1.58 bits per heavy atom. The SMILES string of the molecule is C#CC(C)NCCOC(F)(F)F. The fraction of sp³-hybridized carbons (Fsp3) is 0.714. The van der Waals surface area contributed by atoms with Crippen molar-refractivity contribution in [3.05, 3.63) is 0 Å². The van der Waals surface area contributed by atoms with E-state index < -0.39 is 13.0 Å². The van der Waals surface area contributed by atoms with Gasteiger partial charge in [0.1, 0.15) is 0 Å². The first-order chi connectivity index (χ1) is 5.45. The van der Waals surface area contributed by atoms with E-state index in [-0.39, 0.29) is 12.6 Å². The zero-order valence-electron chi connectivity index (χ0n) is 6.61. The zero-order chi connectivity index (χ0) is 9.61. The lowest BCUT2D eigenvalue weighted by Gasteiger charge is -2.09. The molecule has 5 heteroatoms. The van der Waals surface area contributed by atoms with E-state index in [2.05, 4.69) is 16.0 Å². The summed E-state index contributed by atoms with van der Waals surface area (Å²) < 4.78 is 37.6. The predicted octanol–water partition coefficient (Wildman–Crippen LogP) is 1.13. The molecular formula is C7H10F3NO. The van der Waals surface area contributed by atoms with Crippen LogP contribution in [0.1, 0.15) is 6.92 Å². The maximum absolute atomic E-state index is 11.4. The summed E-state index contributed by atoms with van der Waals surface area (Å²) in [6, 6.07) is -0.234. The minimum Gasteiger partial charge on any atom is -0.302 e. The van der Waals surface area contributed by atoms with Crippen molar-refractivity contribution in [2.24, 2.45) is 0 Å². The molecule has 0 amide bonds. The molecule has 1 atom stereocenters. The van der Waals surface area contributed by atoms with Crippen LogP contribution in [-0.4, -0.2) is 25.6 Å². The maximum Gasteiger partial charge on any atom is 0.522 e. The van der Waals surface area contributed by atoms with E-state index in [1.165, 1.54) is 0 Å². The summed E-state index contributed by atoms with van der Waals surface area (Å²) in [5.74, 6) is 2.31. The van der Waals surface area contributed by atoms with E-state index in [4.69, 9.17) is 6.42 Å². The molecule has 0 rings (SSSR count). The lowest BCUT2D eigenvalue weighted by molar-refractivity contribution is -0.323. The molecule has 0 spiro atoms. The van der Waals surface area contributed by atoms with E-state index in [0.29, 0.717) is 0 Å². The Hall–Kier alpha value is -0.730. The normalized spacial score (nSPS) is 13.9. The second-order valence-electron chi connectivity index (χ2n) is 2.14. The molecule has 1 unspecified atom stereocenters. The van der Waals surface area contributed by atoms with Crippen molar-refractivity contribution in [3.8, 4) is 12.3 Å². The molecule has 0 aliphatic carbocycles. The van der Waals surface area contributed by atoms with Gasteiger partial charge >= 0.3 is 6.36 Å². The largest absolute Gasteiger partial charge is 0.522 e. The maximum atomic E-state index is 11.4. The third kappa shape index (κ3) is 7.38. The highest BCUT2D eigenvalue weighted by molar-refractivity contribution is 4.95. The van der Waals surface area contributed by atoms with E-state index in [9.17, 15) is 13.2 Å². The molecule has 1 N–H and O–H groups in total. The van der Waals surface area contributed by atoms with Crippen LogP contribution in [0.15, 0.2) is 0 Å². The number of alkyl halides is 3. The van der Waals surface area contributed by atoms with Gasteiger partial charge in [-0.2, -0.15) is 0 Å². The topological polar surface area (TPSA) is 21.3 Å². The Morgan fingerprint density at radius 3 is 2.58 bits per heavy atom. The Balaban J connectivity index is 3.29. The Labute approximate surface area is 69.1 Å². The predicted molar refractivity (Wildman–Crippen MR) is 38.3 cm³/mol. The van der Waals surface area contributed by atoms with Crippen LogP contribution in [0, 0.1) is 12.3 Å².